The lowest BCUT2D eigenvalue weighted by Crippen LogP contribution is -2.00. The minimum Gasteiger partial charge on any atom is -0.466 e. The van der Waals surface area contributed by atoms with Crippen molar-refractivity contribution >= 4 is 11.6 Å². The standard InChI is InChI=1S/C14H13ClF2O/c1-7-8(2)18-9(3)13(7)14(15)11-5-4-10(16)6-12(11)17/h4-6,14H,1-3H3. The number of benzene rings is 1. The molecule has 1 atom stereocenters. The number of furan rings is 1. The normalized spacial score (nSPS) is 12.8. The van der Waals surface area contributed by atoms with E-state index in [1.807, 2.05) is 13.8 Å². The predicted molar refractivity (Wildman–Crippen MR) is 67.0 cm³/mol. The van der Waals surface area contributed by atoms with E-state index >= 15 is 0 Å². The van der Waals surface area contributed by atoms with Crippen molar-refractivity contribution in [2.75, 3.05) is 0 Å². The lowest BCUT2D eigenvalue weighted by molar-refractivity contribution is 0.499. The van der Waals surface area contributed by atoms with Gasteiger partial charge in [0.05, 0.1) is 5.38 Å². The Morgan fingerprint density at radius 1 is 1.11 bits per heavy atom. The van der Waals surface area contributed by atoms with Gasteiger partial charge in [0.25, 0.3) is 0 Å². The highest BCUT2D eigenvalue weighted by atomic mass is 35.5. The van der Waals surface area contributed by atoms with Crippen LogP contribution in [-0.2, 0) is 0 Å². The van der Waals surface area contributed by atoms with Crippen LogP contribution in [0.25, 0.3) is 0 Å². The first-order valence-corrected chi connectivity index (χ1v) is 6.01. The zero-order valence-electron chi connectivity index (χ0n) is 10.4. The molecule has 0 N–H and O–H groups in total. The van der Waals surface area contributed by atoms with Gasteiger partial charge in [-0.05, 0) is 32.4 Å². The second-order valence-corrected chi connectivity index (χ2v) is 4.72. The molecule has 1 aromatic heterocycles. The van der Waals surface area contributed by atoms with E-state index in [1.54, 1.807) is 6.92 Å². The van der Waals surface area contributed by atoms with Crippen LogP contribution in [0.1, 0.15) is 33.6 Å². The summed E-state index contributed by atoms with van der Waals surface area (Å²) in [6.07, 6.45) is 0. The Balaban J connectivity index is 2.51. The lowest BCUT2D eigenvalue weighted by atomic mass is 10.0. The van der Waals surface area contributed by atoms with E-state index in [9.17, 15) is 8.78 Å². The third-order valence-corrected chi connectivity index (χ3v) is 3.56. The summed E-state index contributed by atoms with van der Waals surface area (Å²) in [7, 11) is 0. The lowest BCUT2D eigenvalue weighted by Gasteiger charge is -2.11. The zero-order valence-corrected chi connectivity index (χ0v) is 11.1. The van der Waals surface area contributed by atoms with Gasteiger partial charge in [0.1, 0.15) is 23.2 Å². The molecule has 1 aromatic carbocycles. The Hall–Kier alpha value is -1.35. The molecule has 2 rings (SSSR count). The van der Waals surface area contributed by atoms with Crippen LogP contribution in [0.15, 0.2) is 22.6 Å². The molecule has 0 aliphatic rings. The first-order chi connectivity index (χ1) is 8.41. The SMILES string of the molecule is Cc1oc(C)c(C(Cl)c2ccc(F)cc2F)c1C. The van der Waals surface area contributed by atoms with Crippen molar-refractivity contribution in [1.29, 1.82) is 0 Å². The molecule has 0 radical (unpaired) electrons. The first-order valence-electron chi connectivity index (χ1n) is 5.57. The average Bonchev–Trinajstić information content (AvgIpc) is 2.52. The van der Waals surface area contributed by atoms with Crippen molar-refractivity contribution < 1.29 is 13.2 Å². The van der Waals surface area contributed by atoms with Gasteiger partial charge in [-0.2, -0.15) is 0 Å². The van der Waals surface area contributed by atoms with E-state index < -0.39 is 17.0 Å². The Kier molecular flexibility index (Phi) is 3.44. The summed E-state index contributed by atoms with van der Waals surface area (Å²) in [4.78, 5) is 0. The van der Waals surface area contributed by atoms with Gasteiger partial charge in [0.2, 0.25) is 0 Å². The quantitative estimate of drug-likeness (QED) is 0.714. The van der Waals surface area contributed by atoms with Gasteiger partial charge >= 0.3 is 0 Å². The molecular formula is C14H13ClF2O. The van der Waals surface area contributed by atoms with Gasteiger partial charge in [0.15, 0.2) is 0 Å². The highest BCUT2D eigenvalue weighted by molar-refractivity contribution is 6.22. The molecule has 1 heterocycles. The van der Waals surface area contributed by atoms with Gasteiger partial charge in [0, 0.05) is 17.2 Å². The molecule has 2 aromatic rings. The van der Waals surface area contributed by atoms with Crippen LogP contribution >= 0.6 is 11.6 Å². The molecule has 96 valence electrons. The molecule has 0 saturated heterocycles. The zero-order chi connectivity index (χ0) is 13.4. The number of aryl methyl sites for hydroxylation is 2. The third-order valence-electron chi connectivity index (χ3n) is 3.11. The van der Waals surface area contributed by atoms with Crippen molar-refractivity contribution in [3.05, 3.63) is 58.0 Å². The Bertz CT molecular complexity index is 590. The van der Waals surface area contributed by atoms with E-state index in [1.165, 1.54) is 12.1 Å². The molecule has 0 aliphatic carbocycles. The van der Waals surface area contributed by atoms with E-state index in [0.717, 1.165) is 23.0 Å². The monoisotopic (exact) mass is 270 g/mol. The summed E-state index contributed by atoms with van der Waals surface area (Å²) < 4.78 is 32.0. The second kappa shape index (κ2) is 4.73. The number of halogens is 3. The molecule has 1 unspecified atom stereocenters. The molecule has 0 amide bonds. The summed E-state index contributed by atoms with van der Waals surface area (Å²) in [5.74, 6) is 0.161. The topological polar surface area (TPSA) is 13.1 Å². The largest absolute Gasteiger partial charge is 0.466 e. The van der Waals surface area contributed by atoms with Crippen molar-refractivity contribution in [1.82, 2.24) is 0 Å². The fourth-order valence-electron chi connectivity index (χ4n) is 2.05. The molecule has 0 bridgehead atoms. The Morgan fingerprint density at radius 3 is 2.28 bits per heavy atom. The minimum atomic E-state index is -0.678. The summed E-state index contributed by atoms with van der Waals surface area (Å²) in [5.41, 5.74) is 1.90. The van der Waals surface area contributed by atoms with E-state index in [4.69, 9.17) is 16.0 Å². The number of rotatable bonds is 2. The van der Waals surface area contributed by atoms with Crippen LogP contribution in [0.4, 0.5) is 8.78 Å². The second-order valence-electron chi connectivity index (χ2n) is 4.28. The van der Waals surface area contributed by atoms with Crippen molar-refractivity contribution in [2.45, 2.75) is 26.1 Å². The van der Waals surface area contributed by atoms with Gasteiger partial charge in [-0.25, -0.2) is 8.78 Å². The Morgan fingerprint density at radius 2 is 1.78 bits per heavy atom. The highest BCUT2D eigenvalue weighted by Gasteiger charge is 2.23. The number of hydrogen-bond donors (Lipinski definition) is 0. The van der Waals surface area contributed by atoms with Gasteiger partial charge in [-0.3, -0.25) is 0 Å². The van der Waals surface area contributed by atoms with Gasteiger partial charge < -0.3 is 4.42 Å². The fraction of sp³-hybridized carbons (Fsp3) is 0.286. The van der Waals surface area contributed by atoms with Crippen molar-refractivity contribution in [3.8, 4) is 0 Å². The maximum Gasteiger partial charge on any atom is 0.131 e. The predicted octanol–water partition coefficient (Wildman–Crippen LogP) is 4.81. The van der Waals surface area contributed by atoms with Crippen LogP contribution in [0.2, 0.25) is 0 Å². The summed E-state index contributed by atoms with van der Waals surface area (Å²) >= 11 is 6.29. The molecule has 0 spiro atoms. The highest BCUT2D eigenvalue weighted by Crippen LogP contribution is 2.37. The Labute approximate surface area is 109 Å². The van der Waals surface area contributed by atoms with Gasteiger partial charge in [-0.1, -0.05) is 6.07 Å². The summed E-state index contributed by atoms with van der Waals surface area (Å²) in [6.45, 7) is 5.49. The average molecular weight is 271 g/mol. The maximum absolute atomic E-state index is 13.7. The molecule has 0 aliphatic heterocycles. The van der Waals surface area contributed by atoms with E-state index in [-0.39, 0.29) is 5.56 Å². The van der Waals surface area contributed by atoms with Gasteiger partial charge in [-0.15, -0.1) is 11.6 Å². The smallest absolute Gasteiger partial charge is 0.131 e. The fourth-order valence-corrected chi connectivity index (χ4v) is 2.54. The summed E-state index contributed by atoms with van der Waals surface area (Å²) in [5, 5.41) is -0.678. The van der Waals surface area contributed by atoms with Crippen LogP contribution in [0.3, 0.4) is 0 Å². The molecule has 0 fully saturated rings. The first kappa shape index (κ1) is 13.1. The van der Waals surface area contributed by atoms with E-state index in [0.29, 0.717) is 5.76 Å². The van der Waals surface area contributed by atoms with Crippen molar-refractivity contribution in [3.63, 3.8) is 0 Å². The van der Waals surface area contributed by atoms with Crippen molar-refractivity contribution in [2.24, 2.45) is 0 Å². The number of alkyl halides is 1. The van der Waals surface area contributed by atoms with E-state index in [2.05, 4.69) is 0 Å². The molecular weight excluding hydrogens is 258 g/mol. The maximum atomic E-state index is 13.7. The third kappa shape index (κ3) is 2.15. The van der Waals surface area contributed by atoms with Crippen LogP contribution in [0.5, 0.6) is 0 Å². The van der Waals surface area contributed by atoms with Crippen LogP contribution in [0, 0.1) is 32.4 Å². The molecule has 1 nitrogen and oxygen atoms in total. The molecule has 4 heteroatoms. The molecule has 18 heavy (non-hydrogen) atoms. The van der Waals surface area contributed by atoms with Crippen LogP contribution in [-0.4, -0.2) is 0 Å². The number of hydrogen-bond acceptors (Lipinski definition) is 1. The van der Waals surface area contributed by atoms with Crippen LogP contribution < -0.4 is 0 Å². The minimum absolute atomic E-state index is 0.255. The molecule has 0 saturated carbocycles. The summed E-state index contributed by atoms with van der Waals surface area (Å²) in [6, 6.07) is 3.40.